The molecular formula is C14H10N2O2. The van der Waals surface area contributed by atoms with Gasteiger partial charge in [-0.25, -0.2) is 4.98 Å². The quantitative estimate of drug-likeness (QED) is 0.551. The number of nitrogens with one attached hydrogen (secondary N) is 1. The van der Waals surface area contributed by atoms with Crippen molar-refractivity contribution in [1.82, 2.24) is 9.97 Å². The van der Waals surface area contributed by atoms with E-state index in [0.717, 1.165) is 16.3 Å². The lowest BCUT2D eigenvalue weighted by Crippen LogP contribution is -2.00. The van der Waals surface area contributed by atoms with Crippen LogP contribution in [0.3, 0.4) is 0 Å². The first-order chi connectivity index (χ1) is 8.70. The molecule has 0 aliphatic heterocycles. The van der Waals surface area contributed by atoms with Crippen LogP contribution >= 0.6 is 0 Å². The molecule has 18 heavy (non-hydrogen) atoms. The van der Waals surface area contributed by atoms with Gasteiger partial charge in [-0.05, 0) is 12.1 Å². The van der Waals surface area contributed by atoms with Crippen LogP contribution in [0.1, 0.15) is 27.9 Å². The number of Topliss-reactive ketones (excluding diaryl/α,β-unsaturated/α-hetero) is 1. The van der Waals surface area contributed by atoms with E-state index in [9.17, 15) is 9.59 Å². The Labute approximate surface area is 103 Å². The van der Waals surface area contributed by atoms with Gasteiger partial charge in [0, 0.05) is 23.2 Å². The highest BCUT2D eigenvalue weighted by Crippen LogP contribution is 2.27. The summed E-state index contributed by atoms with van der Waals surface area (Å²) in [6, 6.07) is 9.44. The number of hydrogen-bond acceptors (Lipinski definition) is 3. The first-order valence-corrected chi connectivity index (χ1v) is 5.58. The third-order valence-electron chi connectivity index (χ3n) is 3.00. The number of carbonyl (C=O) groups is 2. The number of aldehydes is 1. The smallest absolute Gasteiger partial charge is 0.178 e. The number of benzene rings is 1. The Hall–Kier alpha value is -2.49. The van der Waals surface area contributed by atoms with E-state index in [4.69, 9.17) is 0 Å². The Balaban J connectivity index is 2.52. The molecule has 4 heteroatoms. The molecule has 0 fully saturated rings. The number of carbonyl (C=O) groups excluding carboxylic acids is 2. The molecule has 0 saturated carbocycles. The molecule has 0 bridgehead atoms. The maximum absolute atomic E-state index is 11.4. The van der Waals surface area contributed by atoms with Crippen LogP contribution in [0.15, 0.2) is 30.3 Å². The zero-order chi connectivity index (χ0) is 12.7. The molecule has 4 nitrogen and oxygen atoms in total. The number of hydrogen-bond donors (Lipinski definition) is 1. The van der Waals surface area contributed by atoms with Crippen molar-refractivity contribution in [3.8, 4) is 0 Å². The van der Waals surface area contributed by atoms with Crippen molar-refractivity contribution in [2.24, 2.45) is 0 Å². The van der Waals surface area contributed by atoms with Crippen LogP contribution < -0.4 is 0 Å². The van der Waals surface area contributed by atoms with Gasteiger partial charge in [0.1, 0.15) is 11.4 Å². The van der Waals surface area contributed by atoms with Gasteiger partial charge in [0.05, 0.1) is 5.52 Å². The molecule has 3 aromatic rings. The summed E-state index contributed by atoms with van der Waals surface area (Å²) < 4.78 is 0. The summed E-state index contributed by atoms with van der Waals surface area (Å²) in [6.07, 6.45) is 0.671. The predicted octanol–water partition coefficient (Wildman–Crippen LogP) is 2.73. The number of pyridine rings is 1. The van der Waals surface area contributed by atoms with E-state index in [0.29, 0.717) is 17.5 Å². The minimum absolute atomic E-state index is 0.148. The highest BCUT2D eigenvalue weighted by Gasteiger charge is 2.12. The largest absolute Gasteiger partial charge is 0.353 e. The van der Waals surface area contributed by atoms with Gasteiger partial charge < -0.3 is 4.98 Å². The van der Waals surface area contributed by atoms with E-state index in [-0.39, 0.29) is 11.5 Å². The van der Waals surface area contributed by atoms with Gasteiger partial charge in [-0.1, -0.05) is 18.2 Å². The second-order valence-electron chi connectivity index (χ2n) is 4.16. The van der Waals surface area contributed by atoms with Crippen LogP contribution in [0.5, 0.6) is 0 Å². The number of nitrogens with zero attached hydrogens (tertiary/aromatic N) is 1. The van der Waals surface area contributed by atoms with Crippen molar-refractivity contribution in [2.45, 2.75) is 6.92 Å². The van der Waals surface area contributed by atoms with E-state index in [1.54, 1.807) is 6.07 Å². The summed E-state index contributed by atoms with van der Waals surface area (Å²) in [5.74, 6) is -0.148. The molecule has 1 aromatic carbocycles. The Morgan fingerprint density at radius 2 is 2.06 bits per heavy atom. The third kappa shape index (κ3) is 1.43. The van der Waals surface area contributed by atoms with Crippen molar-refractivity contribution >= 4 is 33.9 Å². The van der Waals surface area contributed by atoms with Crippen LogP contribution in [0.2, 0.25) is 0 Å². The molecule has 0 aliphatic rings. The van der Waals surface area contributed by atoms with Gasteiger partial charge >= 0.3 is 0 Å². The molecule has 88 valence electrons. The second-order valence-corrected chi connectivity index (χ2v) is 4.16. The molecule has 2 heterocycles. The molecule has 0 amide bonds. The Kier molecular flexibility index (Phi) is 2.23. The number of H-pyrrole nitrogens is 1. The van der Waals surface area contributed by atoms with Crippen LogP contribution in [-0.2, 0) is 0 Å². The van der Waals surface area contributed by atoms with Gasteiger partial charge in [-0.15, -0.1) is 0 Å². The number of para-hydroxylation sites is 1. The lowest BCUT2D eigenvalue weighted by Gasteiger charge is -1.99. The highest BCUT2D eigenvalue weighted by molar-refractivity contribution is 6.12. The maximum Gasteiger partial charge on any atom is 0.178 e. The van der Waals surface area contributed by atoms with E-state index in [1.165, 1.54) is 6.92 Å². The molecule has 0 aliphatic carbocycles. The third-order valence-corrected chi connectivity index (χ3v) is 3.00. The molecule has 1 N–H and O–H groups in total. The Bertz CT molecular complexity index is 787. The number of aromatic nitrogens is 2. The molecule has 2 aromatic heterocycles. The first-order valence-electron chi connectivity index (χ1n) is 5.58. The maximum atomic E-state index is 11.4. The van der Waals surface area contributed by atoms with E-state index in [2.05, 4.69) is 9.97 Å². The number of aromatic amines is 1. The topological polar surface area (TPSA) is 62.8 Å². The van der Waals surface area contributed by atoms with Gasteiger partial charge in [0.15, 0.2) is 12.1 Å². The molecule has 0 spiro atoms. The SMILES string of the molecule is CC(=O)c1cc2c([nH]c3ccccc32)c(C=O)n1. The second kappa shape index (κ2) is 3.77. The molecule has 0 radical (unpaired) electrons. The normalized spacial score (nSPS) is 10.9. The van der Waals surface area contributed by atoms with Crippen molar-refractivity contribution < 1.29 is 9.59 Å². The minimum Gasteiger partial charge on any atom is -0.353 e. The van der Waals surface area contributed by atoms with Crippen LogP contribution in [-0.4, -0.2) is 22.0 Å². The fourth-order valence-corrected chi connectivity index (χ4v) is 2.14. The van der Waals surface area contributed by atoms with Crippen LogP contribution in [0, 0.1) is 0 Å². The first kappa shape index (κ1) is 10.7. The van der Waals surface area contributed by atoms with Gasteiger partial charge in [0.2, 0.25) is 0 Å². The molecule has 0 unspecified atom stereocenters. The number of rotatable bonds is 2. The fraction of sp³-hybridized carbons (Fsp3) is 0.0714. The summed E-state index contributed by atoms with van der Waals surface area (Å²) in [5, 5.41) is 1.84. The molecule has 0 saturated heterocycles. The van der Waals surface area contributed by atoms with Gasteiger partial charge in [-0.3, -0.25) is 9.59 Å². The highest BCUT2D eigenvalue weighted by atomic mass is 16.1. The zero-order valence-electron chi connectivity index (χ0n) is 9.73. The van der Waals surface area contributed by atoms with Crippen LogP contribution in [0.25, 0.3) is 21.8 Å². The van der Waals surface area contributed by atoms with Crippen LogP contribution in [0.4, 0.5) is 0 Å². The lowest BCUT2D eigenvalue weighted by molar-refractivity contribution is 0.101. The molecule has 3 rings (SSSR count). The van der Waals surface area contributed by atoms with Gasteiger partial charge in [0.25, 0.3) is 0 Å². The average molecular weight is 238 g/mol. The predicted molar refractivity (Wildman–Crippen MR) is 69.0 cm³/mol. The fourth-order valence-electron chi connectivity index (χ4n) is 2.14. The Morgan fingerprint density at radius 3 is 2.78 bits per heavy atom. The lowest BCUT2D eigenvalue weighted by atomic mass is 10.1. The summed E-state index contributed by atoms with van der Waals surface area (Å²) in [6.45, 7) is 1.44. The molecular weight excluding hydrogens is 228 g/mol. The summed E-state index contributed by atoms with van der Waals surface area (Å²) >= 11 is 0. The average Bonchev–Trinajstić information content (AvgIpc) is 2.76. The number of ketones is 1. The monoisotopic (exact) mass is 238 g/mol. The van der Waals surface area contributed by atoms with Crippen molar-refractivity contribution in [1.29, 1.82) is 0 Å². The van der Waals surface area contributed by atoms with Gasteiger partial charge in [-0.2, -0.15) is 0 Å². The number of fused-ring (bicyclic) bond motifs is 3. The minimum atomic E-state index is -0.148. The zero-order valence-corrected chi connectivity index (χ0v) is 9.73. The van der Waals surface area contributed by atoms with E-state index in [1.807, 2.05) is 24.3 Å². The van der Waals surface area contributed by atoms with Crippen molar-refractivity contribution in [3.05, 3.63) is 41.7 Å². The van der Waals surface area contributed by atoms with E-state index < -0.39 is 0 Å². The van der Waals surface area contributed by atoms with Crippen molar-refractivity contribution in [3.63, 3.8) is 0 Å². The summed E-state index contributed by atoms with van der Waals surface area (Å²) in [7, 11) is 0. The molecule has 0 atom stereocenters. The standard InChI is InChI=1S/C14H10N2O2/c1-8(18)12-6-10-9-4-2-3-5-11(9)16-14(10)13(7-17)15-12/h2-7,16H,1H3. The Morgan fingerprint density at radius 1 is 1.28 bits per heavy atom. The van der Waals surface area contributed by atoms with E-state index >= 15 is 0 Å². The van der Waals surface area contributed by atoms with Crippen molar-refractivity contribution in [2.75, 3.05) is 0 Å². The summed E-state index contributed by atoms with van der Waals surface area (Å²) in [5.41, 5.74) is 2.19. The summed E-state index contributed by atoms with van der Waals surface area (Å²) in [4.78, 5) is 29.7.